The van der Waals surface area contributed by atoms with Gasteiger partial charge in [0.15, 0.2) is 11.6 Å². The number of aromatic nitrogens is 5. The number of rotatable bonds is 5. The van der Waals surface area contributed by atoms with Crippen molar-refractivity contribution in [2.75, 3.05) is 0 Å². The molecule has 0 unspecified atom stereocenters. The largest absolute Gasteiger partial charge is 0.359 e. The number of hydrogen-bond donors (Lipinski definition) is 1. The smallest absolute Gasteiger partial charge is 0.184 e. The molecule has 0 aromatic carbocycles. The van der Waals surface area contributed by atoms with Crippen LogP contribution in [-0.2, 0) is 6.42 Å². The summed E-state index contributed by atoms with van der Waals surface area (Å²) in [6, 6.07) is 9.44. The molecule has 3 heterocycles. The third-order valence-corrected chi connectivity index (χ3v) is 3.41. The minimum absolute atomic E-state index is 0.0139. The minimum Gasteiger partial charge on any atom is -0.359 e. The van der Waals surface area contributed by atoms with Gasteiger partial charge in [0.1, 0.15) is 12.0 Å². The van der Waals surface area contributed by atoms with Crippen molar-refractivity contribution in [3.8, 4) is 11.5 Å². The highest BCUT2D eigenvalue weighted by Crippen LogP contribution is 2.18. The Kier molecular flexibility index (Phi) is 3.82. The van der Waals surface area contributed by atoms with Gasteiger partial charge in [-0.25, -0.2) is 4.98 Å². The van der Waals surface area contributed by atoms with Gasteiger partial charge in [-0.2, -0.15) is 0 Å². The average molecular weight is 295 g/mol. The number of nitrogens with one attached hydrogen (secondary N) is 1. The molecule has 0 bridgehead atoms. The van der Waals surface area contributed by atoms with Gasteiger partial charge in [-0.1, -0.05) is 6.07 Å². The Balaban J connectivity index is 1.87. The molecular weight excluding hydrogens is 278 g/mol. The Bertz CT molecular complexity index is 773. The van der Waals surface area contributed by atoms with Crippen molar-refractivity contribution in [2.45, 2.75) is 26.3 Å². The average Bonchev–Trinajstić information content (AvgIpc) is 3.19. The van der Waals surface area contributed by atoms with E-state index in [-0.39, 0.29) is 18.2 Å². The van der Waals surface area contributed by atoms with Crippen molar-refractivity contribution in [3.63, 3.8) is 0 Å². The maximum Gasteiger partial charge on any atom is 0.184 e. The number of aromatic amines is 1. The van der Waals surface area contributed by atoms with Crippen molar-refractivity contribution >= 4 is 5.78 Å². The zero-order chi connectivity index (χ0) is 15.5. The molecule has 0 fully saturated rings. The highest BCUT2D eigenvalue weighted by molar-refractivity contribution is 5.95. The lowest BCUT2D eigenvalue weighted by Crippen LogP contribution is -2.07. The van der Waals surface area contributed by atoms with Crippen LogP contribution < -0.4 is 0 Å². The summed E-state index contributed by atoms with van der Waals surface area (Å²) in [5, 5.41) is 8.09. The van der Waals surface area contributed by atoms with E-state index in [0.717, 1.165) is 11.4 Å². The summed E-state index contributed by atoms with van der Waals surface area (Å²) in [6.45, 7) is 4.12. The van der Waals surface area contributed by atoms with Crippen LogP contribution >= 0.6 is 0 Å². The molecule has 0 atom stereocenters. The Morgan fingerprint density at radius 3 is 2.86 bits per heavy atom. The third-order valence-electron chi connectivity index (χ3n) is 3.41. The second-order valence-corrected chi connectivity index (χ2v) is 5.35. The molecule has 0 spiro atoms. The summed E-state index contributed by atoms with van der Waals surface area (Å²) >= 11 is 0. The summed E-state index contributed by atoms with van der Waals surface area (Å²) in [7, 11) is 0. The summed E-state index contributed by atoms with van der Waals surface area (Å²) in [5.41, 5.74) is 2.04. The van der Waals surface area contributed by atoms with Gasteiger partial charge in [-0.3, -0.25) is 4.79 Å². The molecule has 3 rings (SSSR count). The number of carbonyl (C=O) groups is 1. The second kappa shape index (κ2) is 5.93. The molecule has 6 nitrogen and oxygen atoms in total. The molecule has 0 aliphatic carbocycles. The van der Waals surface area contributed by atoms with E-state index in [1.165, 1.54) is 0 Å². The fourth-order valence-corrected chi connectivity index (χ4v) is 2.27. The Morgan fingerprint density at radius 2 is 2.14 bits per heavy atom. The lowest BCUT2D eigenvalue weighted by molar-refractivity contribution is 0.0988. The van der Waals surface area contributed by atoms with Gasteiger partial charge in [-0.15, -0.1) is 10.2 Å². The van der Waals surface area contributed by atoms with E-state index in [9.17, 15) is 4.79 Å². The molecule has 1 N–H and O–H groups in total. The van der Waals surface area contributed by atoms with Crippen LogP contribution in [0.1, 0.15) is 36.1 Å². The number of pyridine rings is 1. The minimum atomic E-state index is 0.0139. The van der Waals surface area contributed by atoms with E-state index >= 15 is 0 Å². The summed E-state index contributed by atoms with van der Waals surface area (Å²) < 4.78 is 1.96. The maximum atomic E-state index is 12.1. The van der Waals surface area contributed by atoms with Gasteiger partial charge in [0.05, 0.1) is 12.1 Å². The first-order valence-corrected chi connectivity index (χ1v) is 7.17. The monoisotopic (exact) mass is 295 g/mol. The number of carbonyl (C=O) groups excluding carboxylic acids is 1. The van der Waals surface area contributed by atoms with Gasteiger partial charge in [-0.05, 0) is 38.1 Å². The van der Waals surface area contributed by atoms with Crippen molar-refractivity contribution in [1.82, 2.24) is 24.7 Å². The molecule has 3 aromatic rings. The predicted octanol–water partition coefficient (Wildman–Crippen LogP) is 2.67. The van der Waals surface area contributed by atoms with Gasteiger partial charge >= 0.3 is 0 Å². The Labute approximate surface area is 128 Å². The SMILES string of the molecule is CC(C)n1cnnc1-c1cccc(CC(=O)c2ccc[nH]2)n1. The molecule has 0 saturated carbocycles. The summed E-state index contributed by atoms with van der Waals surface area (Å²) in [6.07, 6.45) is 3.69. The van der Waals surface area contributed by atoms with Crippen LogP contribution in [0, 0.1) is 0 Å². The lowest BCUT2D eigenvalue weighted by Gasteiger charge is -2.10. The van der Waals surface area contributed by atoms with E-state index in [0.29, 0.717) is 11.5 Å². The van der Waals surface area contributed by atoms with Gasteiger partial charge < -0.3 is 9.55 Å². The highest BCUT2D eigenvalue weighted by Gasteiger charge is 2.13. The van der Waals surface area contributed by atoms with Gasteiger partial charge in [0.25, 0.3) is 0 Å². The van der Waals surface area contributed by atoms with E-state index in [2.05, 4.69) is 34.0 Å². The molecule has 6 heteroatoms. The Hall–Kier alpha value is -2.76. The van der Waals surface area contributed by atoms with Crippen LogP contribution in [0.15, 0.2) is 42.9 Å². The van der Waals surface area contributed by atoms with Crippen molar-refractivity contribution in [2.24, 2.45) is 0 Å². The zero-order valence-electron chi connectivity index (χ0n) is 12.5. The standard InChI is InChI=1S/C16H17N5O/c1-11(2)21-10-18-20-16(21)14-6-3-5-12(19-14)9-15(22)13-7-4-8-17-13/h3-8,10-11,17H,9H2,1-2H3. The van der Waals surface area contributed by atoms with Gasteiger partial charge in [0, 0.05) is 17.9 Å². The van der Waals surface area contributed by atoms with E-state index < -0.39 is 0 Å². The highest BCUT2D eigenvalue weighted by atomic mass is 16.1. The van der Waals surface area contributed by atoms with Crippen LogP contribution in [-0.4, -0.2) is 30.5 Å². The number of ketones is 1. The normalized spacial score (nSPS) is 11.0. The quantitative estimate of drug-likeness (QED) is 0.734. The molecule has 0 saturated heterocycles. The number of Topliss-reactive ketones (excluding diaryl/α,β-unsaturated/α-hetero) is 1. The van der Waals surface area contributed by atoms with Crippen LogP contribution in [0.25, 0.3) is 11.5 Å². The third kappa shape index (κ3) is 2.81. The second-order valence-electron chi connectivity index (χ2n) is 5.35. The topological polar surface area (TPSA) is 76.5 Å². The Morgan fingerprint density at radius 1 is 1.27 bits per heavy atom. The fourth-order valence-electron chi connectivity index (χ4n) is 2.27. The predicted molar refractivity (Wildman–Crippen MR) is 82.5 cm³/mol. The molecule has 0 aliphatic rings. The first-order chi connectivity index (χ1) is 10.6. The van der Waals surface area contributed by atoms with Crippen LogP contribution in [0.3, 0.4) is 0 Å². The maximum absolute atomic E-state index is 12.1. The summed E-state index contributed by atoms with van der Waals surface area (Å²) in [5.74, 6) is 0.726. The molecule has 22 heavy (non-hydrogen) atoms. The fraction of sp³-hybridized carbons (Fsp3) is 0.250. The first-order valence-electron chi connectivity index (χ1n) is 7.17. The number of hydrogen-bond acceptors (Lipinski definition) is 4. The van der Waals surface area contributed by atoms with Gasteiger partial charge in [0.2, 0.25) is 0 Å². The van der Waals surface area contributed by atoms with E-state index in [1.54, 1.807) is 18.6 Å². The van der Waals surface area contributed by atoms with Crippen molar-refractivity contribution in [1.29, 1.82) is 0 Å². The van der Waals surface area contributed by atoms with Crippen molar-refractivity contribution in [3.05, 3.63) is 54.2 Å². The van der Waals surface area contributed by atoms with Crippen LogP contribution in [0.2, 0.25) is 0 Å². The van der Waals surface area contributed by atoms with E-state index in [4.69, 9.17) is 0 Å². The molecular formula is C16H17N5O. The molecule has 0 radical (unpaired) electrons. The molecule has 3 aromatic heterocycles. The summed E-state index contributed by atoms with van der Waals surface area (Å²) in [4.78, 5) is 19.6. The van der Waals surface area contributed by atoms with E-state index in [1.807, 2.05) is 28.8 Å². The number of nitrogens with zero attached hydrogens (tertiary/aromatic N) is 4. The lowest BCUT2D eigenvalue weighted by atomic mass is 10.1. The molecule has 0 aliphatic heterocycles. The molecule has 0 amide bonds. The van der Waals surface area contributed by atoms with Crippen LogP contribution in [0.5, 0.6) is 0 Å². The first kappa shape index (κ1) is 14.2. The molecule has 112 valence electrons. The van der Waals surface area contributed by atoms with Crippen molar-refractivity contribution < 1.29 is 4.79 Å². The number of H-pyrrole nitrogens is 1. The van der Waals surface area contributed by atoms with Crippen LogP contribution in [0.4, 0.5) is 0 Å². The zero-order valence-corrected chi connectivity index (χ0v) is 12.5.